The van der Waals surface area contributed by atoms with E-state index in [9.17, 15) is 4.39 Å². The molecule has 3 heteroatoms. The Morgan fingerprint density at radius 2 is 2.00 bits per heavy atom. The molecular weight excluding hydrogens is 213 g/mol. The molecular formula is C12H15ClFN. The average molecular weight is 228 g/mol. The Bertz CT molecular complexity index is 359. The van der Waals surface area contributed by atoms with Gasteiger partial charge in [-0.3, -0.25) is 0 Å². The van der Waals surface area contributed by atoms with Gasteiger partial charge in [0.15, 0.2) is 0 Å². The summed E-state index contributed by atoms with van der Waals surface area (Å²) >= 11 is 5.68. The van der Waals surface area contributed by atoms with E-state index in [0.29, 0.717) is 0 Å². The average Bonchev–Trinajstić information content (AvgIpc) is 2.23. The lowest BCUT2D eigenvalue weighted by Crippen LogP contribution is -2.37. The minimum Gasteiger partial charge on any atom is -0.317 e. The summed E-state index contributed by atoms with van der Waals surface area (Å²) in [5.74, 6) is -0.311. The molecule has 1 aliphatic heterocycles. The molecule has 0 unspecified atom stereocenters. The van der Waals surface area contributed by atoms with Crippen molar-refractivity contribution in [1.29, 1.82) is 0 Å². The maximum absolute atomic E-state index is 13.4. The molecule has 0 spiro atoms. The molecule has 1 aliphatic rings. The number of piperidine rings is 1. The minimum atomic E-state index is -0.311. The topological polar surface area (TPSA) is 12.0 Å². The number of rotatable bonds is 1. The summed E-state index contributed by atoms with van der Waals surface area (Å²) in [6.45, 7) is 4.19. The van der Waals surface area contributed by atoms with Gasteiger partial charge in [0.1, 0.15) is 5.82 Å². The zero-order valence-corrected chi connectivity index (χ0v) is 9.57. The summed E-state index contributed by atoms with van der Waals surface area (Å²) in [6, 6.07) is 5.17. The molecule has 15 heavy (non-hydrogen) atoms. The first kappa shape index (κ1) is 10.9. The summed E-state index contributed by atoms with van der Waals surface area (Å²) in [4.78, 5) is 0. The molecule has 0 aliphatic carbocycles. The van der Waals surface area contributed by atoms with E-state index < -0.39 is 0 Å². The molecule has 1 fully saturated rings. The van der Waals surface area contributed by atoms with Crippen LogP contribution in [0.2, 0.25) is 5.02 Å². The maximum Gasteiger partial charge on any atom is 0.142 e. The van der Waals surface area contributed by atoms with Crippen LogP contribution in [0, 0.1) is 5.82 Å². The van der Waals surface area contributed by atoms with Crippen LogP contribution in [0.3, 0.4) is 0 Å². The van der Waals surface area contributed by atoms with Crippen molar-refractivity contribution in [2.75, 3.05) is 13.1 Å². The van der Waals surface area contributed by atoms with E-state index in [2.05, 4.69) is 12.2 Å². The van der Waals surface area contributed by atoms with E-state index in [0.717, 1.165) is 31.5 Å². The first-order valence-corrected chi connectivity index (χ1v) is 5.66. The monoisotopic (exact) mass is 227 g/mol. The summed E-state index contributed by atoms with van der Waals surface area (Å²) in [7, 11) is 0. The molecule has 0 bridgehead atoms. The fraction of sp³-hybridized carbons (Fsp3) is 0.500. The molecule has 0 radical (unpaired) electrons. The van der Waals surface area contributed by atoms with Crippen LogP contribution in [0.15, 0.2) is 18.2 Å². The number of hydrogen-bond acceptors (Lipinski definition) is 1. The minimum absolute atomic E-state index is 0.0939. The molecule has 82 valence electrons. The van der Waals surface area contributed by atoms with Crippen molar-refractivity contribution in [3.63, 3.8) is 0 Å². The van der Waals surface area contributed by atoms with Crippen LogP contribution in [0.5, 0.6) is 0 Å². The van der Waals surface area contributed by atoms with Crippen LogP contribution < -0.4 is 5.32 Å². The first-order valence-electron chi connectivity index (χ1n) is 5.28. The Hall–Kier alpha value is -0.600. The molecule has 0 aromatic heterocycles. The number of benzene rings is 1. The van der Waals surface area contributed by atoms with Crippen LogP contribution in [0.1, 0.15) is 25.3 Å². The number of hydrogen-bond donors (Lipinski definition) is 1. The van der Waals surface area contributed by atoms with Gasteiger partial charge < -0.3 is 5.32 Å². The summed E-state index contributed by atoms with van der Waals surface area (Å²) in [5.41, 5.74) is 1.15. The zero-order chi connectivity index (χ0) is 10.9. The largest absolute Gasteiger partial charge is 0.317 e. The summed E-state index contributed by atoms with van der Waals surface area (Å²) in [6.07, 6.45) is 2.10. The molecule has 0 atom stereocenters. The molecule has 1 N–H and O–H groups in total. The predicted molar refractivity (Wildman–Crippen MR) is 60.9 cm³/mol. The van der Waals surface area contributed by atoms with Gasteiger partial charge in [-0.15, -0.1) is 0 Å². The Kier molecular flexibility index (Phi) is 2.98. The van der Waals surface area contributed by atoms with E-state index >= 15 is 0 Å². The quantitative estimate of drug-likeness (QED) is 0.778. The van der Waals surface area contributed by atoms with E-state index in [1.54, 1.807) is 12.1 Å². The van der Waals surface area contributed by atoms with Crippen molar-refractivity contribution >= 4 is 11.6 Å². The molecule has 1 nitrogen and oxygen atoms in total. The summed E-state index contributed by atoms with van der Waals surface area (Å²) < 4.78 is 13.4. The molecule has 2 rings (SSSR count). The third kappa shape index (κ3) is 2.16. The van der Waals surface area contributed by atoms with Crippen molar-refractivity contribution < 1.29 is 4.39 Å². The van der Waals surface area contributed by atoms with E-state index in [1.807, 2.05) is 6.07 Å². The Balaban J connectivity index is 2.31. The second-order valence-corrected chi connectivity index (χ2v) is 4.85. The lowest BCUT2D eigenvalue weighted by Gasteiger charge is -2.34. The smallest absolute Gasteiger partial charge is 0.142 e. The van der Waals surface area contributed by atoms with Crippen LogP contribution in [-0.4, -0.2) is 13.1 Å². The van der Waals surface area contributed by atoms with Gasteiger partial charge in [-0.1, -0.05) is 24.6 Å². The SMILES string of the molecule is CC1(c2ccc(Cl)c(F)c2)CCNCC1. The van der Waals surface area contributed by atoms with Gasteiger partial charge in [0.2, 0.25) is 0 Å². The highest BCUT2D eigenvalue weighted by Gasteiger charge is 2.29. The molecule has 1 saturated heterocycles. The van der Waals surface area contributed by atoms with E-state index in [-0.39, 0.29) is 16.3 Å². The molecule has 1 aromatic rings. The Labute approximate surface area is 94.6 Å². The molecule has 1 aromatic carbocycles. The van der Waals surface area contributed by atoms with Crippen molar-refractivity contribution in [3.8, 4) is 0 Å². The zero-order valence-electron chi connectivity index (χ0n) is 8.82. The molecule has 1 heterocycles. The predicted octanol–water partition coefficient (Wildman–Crippen LogP) is 3.12. The van der Waals surface area contributed by atoms with Gasteiger partial charge in [-0.2, -0.15) is 0 Å². The highest BCUT2D eigenvalue weighted by molar-refractivity contribution is 6.30. The fourth-order valence-corrected chi connectivity index (χ4v) is 2.26. The Morgan fingerprint density at radius 1 is 1.33 bits per heavy atom. The van der Waals surface area contributed by atoms with Gasteiger partial charge in [-0.05, 0) is 49.0 Å². The highest BCUT2D eigenvalue weighted by Crippen LogP contribution is 2.34. The maximum atomic E-state index is 13.4. The van der Waals surface area contributed by atoms with Crippen molar-refractivity contribution in [2.24, 2.45) is 0 Å². The number of nitrogens with one attached hydrogen (secondary N) is 1. The normalized spacial score (nSPS) is 20.2. The molecule has 0 amide bonds. The van der Waals surface area contributed by atoms with Crippen LogP contribution >= 0.6 is 11.6 Å². The van der Waals surface area contributed by atoms with Gasteiger partial charge in [-0.25, -0.2) is 4.39 Å². The van der Waals surface area contributed by atoms with Crippen molar-refractivity contribution in [2.45, 2.75) is 25.2 Å². The fourth-order valence-electron chi connectivity index (χ4n) is 2.14. The van der Waals surface area contributed by atoms with Crippen LogP contribution in [0.4, 0.5) is 4.39 Å². The van der Waals surface area contributed by atoms with Gasteiger partial charge in [0.05, 0.1) is 5.02 Å². The lowest BCUT2D eigenvalue weighted by molar-refractivity contribution is 0.334. The van der Waals surface area contributed by atoms with Crippen LogP contribution in [0.25, 0.3) is 0 Å². The van der Waals surface area contributed by atoms with E-state index in [1.165, 1.54) is 0 Å². The first-order chi connectivity index (χ1) is 7.12. The van der Waals surface area contributed by atoms with Gasteiger partial charge in [0.25, 0.3) is 0 Å². The van der Waals surface area contributed by atoms with Gasteiger partial charge in [0, 0.05) is 0 Å². The second-order valence-electron chi connectivity index (χ2n) is 4.44. The third-order valence-corrected chi connectivity index (χ3v) is 3.63. The number of halogens is 2. The van der Waals surface area contributed by atoms with Crippen molar-refractivity contribution in [3.05, 3.63) is 34.6 Å². The van der Waals surface area contributed by atoms with E-state index in [4.69, 9.17) is 11.6 Å². The van der Waals surface area contributed by atoms with Crippen LogP contribution in [-0.2, 0) is 5.41 Å². The lowest BCUT2D eigenvalue weighted by atomic mass is 9.75. The van der Waals surface area contributed by atoms with Gasteiger partial charge >= 0.3 is 0 Å². The second kappa shape index (κ2) is 4.11. The van der Waals surface area contributed by atoms with Crippen molar-refractivity contribution in [1.82, 2.24) is 5.32 Å². The highest BCUT2D eigenvalue weighted by atomic mass is 35.5. The third-order valence-electron chi connectivity index (χ3n) is 3.32. The Morgan fingerprint density at radius 3 is 2.60 bits per heavy atom. The molecule has 0 saturated carbocycles. The standard InChI is InChI=1S/C12H15ClFN/c1-12(4-6-15-7-5-12)9-2-3-10(13)11(14)8-9/h2-3,8,15H,4-7H2,1H3. The summed E-state index contributed by atoms with van der Waals surface area (Å²) in [5, 5.41) is 3.52.